The number of nitrogens with two attached hydrogens (primary N) is 1. The zero-order valence-corrected chi connectivity index (χ0v) is 15.1. The highest BCUT2D eigenvalue weighted by atomic mass is 32.2. The van der Waals surface area contributed by atoms with Crippen molar-refractivity contribution in [2.45, 2.75) is 42.3 Å². The lowest BCUT2D eigenvalue weighted by atomic mass is 10.1. The van der Waals surface area contributed by atoms with Gasteiger partial charge in [-0.05, 0) is 24.8 Å². The summed E-state index contributed by atoms with van der Waals surface area (Å²) in [6, 6.07) is 10.7. The van der Waals surface area contributed by atoms with Crippen LogP contribution in [-0.4, -0.2) is 24.3 Å². The summed E-state index contributed by atoms with van der Waals surface area (Å²) >= 11 is 1.66. The molecule has 1 aromatic carbocycles. The number of benzene rings is 1. The van der Waals surface area contributed by atoms with Crippen molar-refractivity contribution >= 4 is 11.8 Å². The van der Waals surface area contributed by atoms with Crippen LogP contribution in [0.4, 0.5) is 0 Å². The first-order valence-corrected chi connectivity index (χ1v) is 9.54. The SMILES string of the molecule is Cn1c(SCc2nccn2C2CC2)nnc1C(N)Cc1ccccc1. The van der Waals surface area contributed by atoms with E-state index in [1.165, 1.54) is 18.4 Å². The molecule has 0 radical (unpaired) electrons. The summed E-state index contributed by atoms with van der Waals surface area (Å²) in [6.07, 6.45) is 7.23. The summed E-state index contributed by atoms with van der Waals surface area (Å²) in [5, 5.41) is 9.53. The van der Waals surface area contributed by atoms with Gasteiger partial charge in [0.2, 0.25) is 0 Å². The molecule has 2 N–H and O–H groups in total. The van der Waals surface area contributed by atoms with E-state index in [1.807, 2.05) is 36.0 Å². The average Bonchev–Trinajstić information content (AvgIpc) is 3.24. The molecule has 0 saturated heterocycles. The molecule has 1 atom stereocenters. The second-order valence-corrected chi connectivity index (χ2v) is 7.41. The highest BCUT2D eigenvalue weighted by Crippen LogP contribution is 2.36. The Morgan fingerprint density at radius 1 is 1.24 bits per heavy atom. The molecule has 3 aromatic rings. The van der Waals surface area contributed by atoms with E-state index in [2.05, 4.69) is 38.1 Å². The van der Waals surface area contributed by atoms with E-state index in [9.17, 15) is 0 Å². The summed E-state index contributed by atoms with van der Waals surface area (Å²) < 4.78 is 4.29. The molecule has 25 heavy (non-hydrogen) atoms. The van der Waals surface area contributed by atoms with Crippen LogP contribution in [0, 0.1) is 0 Å². The zero-order valence-electron chi connectivity index (χ0n) is 14.2. The number of nitrogens with zero attached hydrogens (tertiary/aromatic N) is 5. The highest BCUT2D eigenvalue weighted by Gasteiger charge is 2.25. The Kier molecular flexibility index (Phi) is 4.59. The maximum absolute atomic E-state index is 6.35. The molecule has 0 aliphatic heterocycles. The second kappa shape index (κ2) is 7.01. The summed E-state index contributed by atoms with van der Waals surface area (Å²) in [5.41, 5.74) is 7.56. The Balaban J connectivity index is 1.42. The normalized spacial score (nSPS) is 15.4. The van der Waals surface area contributed by atoms with Crippen LogP contribution in [0.15, 0.2) is 47.9 Å². The summed E-state index contributed by atoms with van der Waals surface area (Å²) in [4.78, 5) is 4.48. The Bertz CT molecular complexity index is 836. The number of imidazole rings is 1. The Morgan fingerprint density at radius 2 is 2.04 bits per heavy atom. The van der Waals surface area contributed by atoms with Crippen LogP contribution < -0.4 is 5.73 Å². The predicted octanol–water partition coefficient (Wildman–Crippen LogP) is 2.88. The van der Waals surface area contributed by atoms with Gasteiger partial charge in [-0.25, -0.2) is 4.98 Å². The smallest absolute Gasteiger partial charge is 0.191 e. The maximum Gasteiger partial charge on any atom is 0.191 e. The van der Waals surface area contributed by atoms with Crippen molar-refractivity contribution in [2.75, 3.05) is 0 Å². The van der Waals surface area contributed by atoms with Crippen LogP contribution >= 0.6 is 11.8 Å². The van der Waals surface area contributed by atoms with Gasteiger partial charge in [-0.3, -0.25) is 0 Å². The molecule has 0 bridgehead atoms. The van der Waals surface area contributed by atoms with Crippen molar-refractivity contribution in [1.29, 1.82) is 0 Å². The lowest BCUT2D eigenvalue weighted by Gasteiger charge is -2.11. The number of hydrogen-bond acceptors (Lipinski definition) is 5. The van der Waals surface area contributed by atoms with Gasteiger partial charge in [0, 0.05) is 25.5 Å². The largest absolute Gasteiger partial charge is 0.331 e. The van der Waals surface area contributed by atoms with E-state index in [-0.39, 0.29) is 6.04 Å². The van der Waals surface area contributed by atoms with E-state index in [0.29, 0.717) is 6.04 Å². The van der Waals surface area contributed by atoms with Crippen molar-refractivity contribution in [1.82, 2.24) is 24.3 Å². The molecule has 6 nitrogen and oxygen atoms in total. The Labute approximate surface area is 151 Å². The fourth-order valence-corrected chi connectivity index (χ4v) is 3.87. The van der Waals surface area contributed by atoms with E-state index in [0.717, 1.165) is 29.0 Å². The van der Waals surface area contributed by atoms with Gasteiger partial charge in [0.25, 0.3) is 0 Å². The third kappa shape index (κ3) is 3.62. The number of rotatable bonds is 7. The first-order valence-electron chi connectivity index (χ1n) is 8.55. The van der Waals surface area contributed by atoms with Crippen LogP contribution in [0.25, 0.3) is 0 Å². The predicted molar refractivity (Wildman–Crippen MR) is 98.1 cm³/mol. The third-order valence-corrected chi connectivity index (χ3v) is 5.53. The van der Waals surface area contributed by atoms with Crippen LogP contribution in [-0.2, 0) is 19.2 Å². The molecule has 1 unspecified atom stereocenters. The molecular formula is C18H22N6S. The van der Waals surface area contributed by atoms with Gasteiger partial charge >= 0.3 is 0 Å². The molecule has 1 saturated carbocycles. The molecule has 1 aliphatic carbocycles. The standard InChI is InChI=1S/C18H22N6S/c1-23-17(15(19)11-13-5-3-2-4-6-13)21-22-18(23)25-12-16-20-9-10-24(16)14-7-8-14/h2-6,9-10,14-15H,7-8,11-12,19H2,1H3. The van der Waals surface area contributed by atoms with Gasteiger partial charge in [0.1, 0.15) is 5.82 Å². The molecule has 0 spiro atoms. The van der Waals surface area contributed by atoms with Crippen molar-refractivity contribution in [3.63, 3.8) is 0 Å². The molecule has 0 amide bonds. The fourth-order valence-electron chi connectivity index (χ4n) is 3.00. The minimum absolute atomic E-state index is 0.164. The molecule has 2 heterocycles. The maximum atomic E-state index is 6.35. The first kappa shape index (κ1) is 16.4. The van der Waals surface area contributed by atoms with Crippen molar-refractivity contribution in [3.05, 3.63) is 59.9 Å². The topological polar surface area (TPSA) is 74.5 Å². The summed E-state index contributed by atoms with van der Waals surface area (Å²) in [7, 11) is 1.98. The Hall–Kier alpha value is -2.12. The molecule has 2 aromatic heterocycles. The van der Waals surface area contributed by atoms with E-state index >= 15 is 0 Å². The van der Waals surface area contributed by atoms with Crippen LogP contribution in [0.5, 0.6) is 0 Å². The zero-order chi connectivity index (χ0) is 17.2. The summed E-state index contributed by atoms with van der Waals surface area (Å²) in [6.45, 7) is 0. The van der Waals surface area contributed by atoms with E-state index < -0.39 is 0 Å². The van der Waals surface area contributed by atoms with Crippen LogP contribution in [0.2, 0.25) is 0 Å². The molecule has 1 fully saturated rings. The van der Waals surface area contributed by atoms with Gasteiger partial charge in [-0.2, -0.15) is 0 Å². The monoisotopic (exact) mass is 354 g/mol. The van der Waals surface area contributed by atoms with Crippen LogP contribution in [0.3, 0.4) is 0 Å². The van der Waals surface area contributed by atoms with Crippen molar-refractivity contribution < 1.29 is 0 Å². The van der Waals surface area contributed by atoms with Crippen molar-refractivity contribution in [3.8, 4) is 0 Å². The minimum Gasteiger partial charge on any atom is -0.331 e. The second-order valence-electron chi connectivity index (χ2n) is 6.47. The highest BCUT2D eigenvalue weighted by molar-refractivity contribution is 7.98. The van der Waals surface area contributed by atoms with Crippen molar-refractivity contribution in [2.24, 2.45) is 12.8 Å². The van der Waals surface area contributed by atoms with E-state index in [1.54, 1.807) is 11.8 Å². The van der Waals surface area contributed by atoms with Gasteiger partial charge in [0.15, 0.2) is 11.0 Å². The lowest BCUT2D eigenvalue weighted by molar-refractivity contribution is 0.616. The fraction of sp³-hybridized carbons (Fsp3) is 0.389. The molecule has 4 rings (SSSR count). The van der Waals surface area contributed by atoms with Gasteiger partial charge < -0.3 is 14.9 Å². The number of hydrogen-bond donors (Lipinski definition) is 1. The minimum atomic E-state index is -0.164. The molecular weight excluding hydrogens is 332 g/mol. The van der Waals surface area contributed by atoms with Crippen LogP contribution in [0.1, 0.15) is 42.1 Å². The lowest BCUT2D eigenvalue weighted by Crippen LogP contribution is -2.18. The third-order valence-electron chi connectivity index (χ3n) is 4.52. The average molecular weight is 354 g/mol. The van der Waals surface area contributed by atoms with E-state index in [4.69, 9.17) is 5.73 Å². The van der Waals surface area contributed by atoms with Gasteiger partial charge in [-0.1, -0.05) is 42.1 Å². The molecule has 1 aliphatic rings. The van der Waals surface area contributed by atoms with Gasteiger partial charge in [-0.15, -0.1) is 10.2 Å². The molecule has 7 heteroatoms. The number of thioether (sulfide) groups is 1. The number of aromatic nitrogens is 5. The Morgan fingerprint density at radius 3 is 2.80 bits per heavy atom. The molecule has 130 valence electrons. The summed E-state index contributed by atoms with van der Waals surface area (Å²) in [5.74, 6) is 2.71. The van der Waals surface area contributed by atoms with Gasteiger partial charge in [0.05, 0.1) is 11.8 Å². The first-order chi connectivity index (χ1) is 12.2. The quantitative estimate of drug-likeness (QED) is 0.660.